The molecule has 2 aromatic rings. The molecule has 1 saturated heterocycles. The number of hydrogen-bond donors (Lipinski definition) is 1. The summed E-state index contributed by atoms with van der Waals surface area (Å²) in [5.41, 5.74) is 2.13. The number of rotatable bonds is 4. The number of hydrogen-bond acceptors (Lipinski definition) is 3. The summed E-state index contributed by atoms with van der Waals surface area (Å²) in [5.74, 6) is -0.0316. The molecule has 0 amide bonds. The molecule has 1 unspecified atom stereocenters. The Morgan fingerprint density at radius 1 is 1.08 bits per heavy atom. The van der Waals surface area contributed by atoms with E-state index >= 15 is 0 Å². The fourth-order valence-electron chi connectivity index (χ4n) is 3.24. The van der Waals surface area contributed by atoms with E-state index in [4.69, 9.17) is 4.74 Å². The van der Waals surface area contributed by atoms with Crippen LogP contribution in [0.25, 0.3) is 0 Å². The van der Waals surface area contributed by atoms with Gasteiger partial charge in [0.2, 0.25) is 0 Å². The van der Waals surface area contributed by atoms with Crippen molar-refractivity contribution in [1.29, 1.82) is 0 Å². The summed E-state index contributed by atoms with van der Waals surface area (Å²) in [6.07, 6.45) is 1.09. The van der Waals surface area contributed by atoms with Crippen molar-refractivity contribution in [2.45, 2.75) is 12.5 Å². The van der Waals surface area contributed by atoms with Crippen molar-refractivity contribution >= 4 is 15.9 Å². The molecule has 128 valence electrons. The van der Waals surface area contributed by atoms with E-state index < -0.39 is 0 Å². The van der Waals surface area contributed by atoms with Gasteiger partial charge < -0.3 is 10.1 Å². The molecule has 1 aliphatic rings. The summed E-state index contributed by atoms with van der Waals surface area (Å²) in [6.45, 7) is 3.90. The van der Waals surface area contributed by atoms with Crippen molar-refractivity contribution in [3.8, 4) is 5.75 Å². The van der Waals surface area contributed by atoms with Crippen LogP contribution in [0.15, 0.2) is 46.9 Å². The highest BCUT2D eigenvalue weighted by atomic mass is 79.9. The number of nitrogens with one attached hydrogen (secondary N) is 1. The van der Waals surface area contributed by atoms with E-state index in [0.717, 1.165) is 42.6 Å². The van der Waals surface area contributed by atoms with E-state index in [1.807, 2.05) is 18.2 Å². The van der Waals surface area contributed by atoms with Crippen LogP contribution in [0.1, 0.15) is 23.6 Å². The van der Waals surface area contributed by atoms with Gasteiger partial charge in [-0.1, -0.05) is 34.1 Å². The van der Waals surface area contributed by atoms with E-state index in [1.165, 1.54) is 12.7 Å². The third kappa shape index (κ3) is 3.97. The standard InChI is InChI=1S/C19H22BrFN2O/c1-24-18-8-5-15(13-17(18)21)19(14-3-6-16(20)7-4-14)23-11-2-9-22-10-12-23/h3-8,13,19,22H,2,9-12H2,1H3. The van der Waals surface area contributed by atoms with Crippen LogP contribution in [0.5, 0.6) is 5.75 Å². The van der Waals surface area contributed by atoms with Gasteiger partial charge in [0.15, 0.2) is 11.6 Å². The first-order chi connectivity index (χ1) is 11.7. The van der Waals surface area contributed by atoms with Crippen LogP contribution < -0.4 is 10.1 Å². The number of methoxy groups -OCH3 is 1. The quantitative estimate of drug-likeness (QED) is 0.851. The first kappa shape index (κ1) is 17.4. The van der Waals surface area contributed by atoms with Crippen LogP contribution >= 0.6 is 15.9 Å². The van der Waals surface area contributed by atoms with Gasteiger partial charge in [0.05, 0.1) is 13.2 Å². The maximum atomic E-state index is 14.3. The summed E-state index contributed by atoms with van der Waals surface area (Å²) in [6, 6.07) is 13.6. The van der Waals surface area contributed by atoms with Gasteiger partial charge in [-0.2, -0.15) is 0 Å². The number of benzene rings is 2. The van der Waals surface area contributed by atoms with Gasteiger partial charge in [-0.3, -0.25) is 4.90 Å². The lowest BCUT2D eigenvalue weighted by Crippen LogP contribution is -2.33. The normalized spacial score (nSPS) is 17.3. The van der Waals surface area contributed by atoms with Gasteiger partial charge in [-0.15, -0.1) is 0 Å². The van der Waals surface area contributed by atoms with Gasteiger partial charge in [0.1, 0.15) is 0 Å². The zero-order valence-corrected chi connectivity index (χ0v) is 15.4. The van der Waals surface area contributed by atoms with Gasteiger partial charge in [0, 0.05) is 24.1 Å². The zero-order valence-electron chi connectivity index (χ0n) is 13.8. The predicted octanol–water partition coefficient (Wildman–Crippen LogP) is 3.98. The zero-order chi connectivity index (χ0) is 16.9. The van der Waals surface area contributed by atoms with E-state index in [2.05, 4.69) is 38.3 Å². The fourth-order valence-corrected chi connectivity index (χ4v) is 3.50. The molecule has 1 fully saturated rings. The van der Waals surface area contributed by atoms with Crippen molar-refractivity contribution in [3.63, 3.8) is 0 Å². The summed E-state index contributed by atoms with van der Waals surface area (Å²) in [5, 5.41) is 3.43. The molecule has 3 nitrogen and oxygen atoms in total. The molecule has 1 aliphatic heterocycles. The van der Waals surface area contributed by atoms with Gasteiger partial charge in [-0.05, 0) is 48.4 Å². The van der Waals surface area contributed by atoms with Crippen LogP contribution in [0, 0.1) is 5.82 Å². The highest BCUT2D eigenvalue weighted by Gasteiger charge is 2.24. The fraction of sp³-hybridized carbons (Fsp3) is 0.368. The lowest BCUT2D eigenvalue weighted by atomic mass is 9.96. The molecular formula is C19H22BrFN2O. The Bertz CT molecular complexity index is 670. The molecule has 0 aliphatic carbocycles. The average molecular weight is 393 g/mol. The van der Waals surface area contributed by atoms with Crippen molar-refractivity contribution in [3.05, 3.63) is 63.9 Å². The molecule has 0 spiro atoms. The van der Waals surface area contributed by atoms with Crippen LogP contribution in [0.2, 0.25) is 0 Å². The lowest BCUT2D eigenvalue weighted by Gasteiger charge is -2.31. The molecule has 24 heavy (non-hydrogen) atoms. The summed E-state index contributed by atoms with van der Waals surface area (Å²) in [7, 11) is 1.49. The number of ether oxygens (including phenoxy) is 1. The predicted molar refractivity (Wildman–Crippen MR) is 98.0 cm³/mol. The van der Waals surface area contributed by atoms with E-state index in [9.17, 15) is 4.39 Å². The van der Waals surface area contributed by atoms with Crippen LogP contribution in [0.3, 0.4) is 0 Å². The minimum absolute atomic E-state index is 0.0402. The average Bonchev–Trinajstić information content (AvgIpc) is 2.86. The highest BCUT2D eigenvalue weighted by Crippen LogP contribution is 2.32. The first-order valence-electron chi connectivity index (χ1n) is 8.22. The van der Waals surface area contributed by atoms with Gasteiger partial charge >= 0.3 is 0 Å². The minimum atomic E-state index is -0.315. The van der Waals surface area contributed by atoms with E-state index in [-0.39, 0.29) is 17.6 Å². The molecular weight excluding hydrogens is 371 g/mol. The van der Waals surface area contributed by atoms with Crippen molar-refractivity contribution in [2.24, 2.45) is 0 Å². The first-order valence-corrected chi connectivity index (χ1v) is 9.02. The Labute approximate surface area is 150 Å². The second-order valence-corrected chi connectivity index (χ2v) is 6.90. The SMILES string of the molecule is COc1ccc(C(c2ccc(Br)cc2)N2CCCNCC2)cc1F. The third-order valence-electron chi connectivity index (χ3n) is 4.42. The molecule has 1 atom stereocenters. The molecule has 3 rings (SSSR count). The maximum Gasteiger partial charge on any atom is 0.165 e. The third-order valence-corrected chi connectivity index (χ3v) is 4.95. The number of halogens is 2. The number of nitrogens with zero attached hydrogens (tertiary/aromatic N) is 1. The Hall–Kier alpha value is -1.43. The molecule has 1 heterocycles. The topological polar surface area (TPSA) is 24.5 Å². The maximum absolute atomic E-state index is 14.3. The smallest absolute Gasteiger partial charge is 0.165 e. The van der Waals surface area contributed by atoms with Crippen LogP contribution in [0.4, 0.5) is 4.39 Å². The second-order valence-electron chi connectivity index (χ2n) is 5.99. The van der Waals surface area contributed by atoms with Gasteiger partial charge in [0.25, 0.3) is 0 Å². The van der Waals surface area contributed by atoms with E-state index in [0.29, 0.717) is 0 Å². The Kier molecular flexibility index (Phi) is 5.87. The van der Waals surface area contributed by atoms with Crippen molar-refractivity contribution in [1.82, 2.24) is 10.2 Å². The monoisotopic (exact) mass is 392 g/mol. The Balaban J connectivity index is 2.00. The molecule has 0 bridgehead atoms. The lowest BCUT2D eigenvalue weighted by molar-refractivity contribution is 0.240. The highest BCUT2D eigenvalue weighted by molar-refractivity contribution is 9.10. The summed E-state index contributed by atoms with van der Waals surface area (Å²) in [4.78, 5) is 2.42. The second kappa shape index (κ2) is 8.10. The molecule has 0 radical (unpaired) electrons. The molecule has 0 saturated carbocycles. The molecule has 5 heteroatoms. The Morgan fingerprint density at radius 3 is 2.54 bits per heavy atom. The van der Waals surface area contributed by atoms with Gasteiger partial charge in [-0.25, -0.2) is 4.39 Å². The Morgan fingerprint density at radius 2 is 1.83 bits per heavy atom. The van der Waals surface area contributed by atoms with Crippen LogP contribution in [-0.4, -0.2) is 38.2 Å². The molecule has 1 N–H and O–H groups in total. The largest absolute Gasteiger partial charge is 0.494 e. The summed E-state index contributed by atoms with van der Waals surface area (Å²) >= 11 is 3.49. The van der Waals surface area contributed by atoms with Crippen LogP contribution in [-0.2, 0) is 0 Å². The molecule has 2 aromatic carbocycles. The van der Waals surface area contributed by atoms with Crippen molar-refractivity contribution in [2.75, 3.05) is 33.3 Å². The van der Waals surface area contributed by atoms with E-state index in [1.54, 1.807) is 12.1 Å². The van der Waals surface area contributed by atoms with Crippen molar-refractivity contribution < 1.29 is 9.13 Å². The summed E-state index contributed by atoms with van der Waals surface area (Å²) < 4.78 is 20.4. The molecule has 0 aromatic heterocycles. The minimum Gasteiger partial charge on any atom is -0.494 e.